The van der Waals surface area contributed by atoms with Gasteiger partial charge < -0.3 is 9.32 Å². The molecule has 4 nitrogen and oxygen atoms in total. The van der Waals surface area contributed by atoms with Crippen molar-refractivity contribution in [3.63, 3.8) is 0 Å². The van der Waals surface area contributed by atoms with E-state index in [1.165, 1.54) is 0 Å². The Kier molecular flexibility index (Phi) is 4.37. The third kappa shape index (κ3) is 2.82. The van der Waals surface area contributed by atoms with Gasteiger partial charge in [0.25, 0.3) is 5.91 Å². The van der Waals surface area contributed by atoms with Crippen LogP contribution in [-0.4, -0.2) is 38.6 Å². The van der Waals surface area contributed by atoms with Gasteiger partial charge in [-0.25, -0.2) is 0 Å². The number of hydrogen-bond donors (Lipinski definition) is 0. The van der Waals surface area contributed by atoms with Crippen LogP contribution in [0.15, 0.2) is 10.5 Å². The molecule has 2 heterocycles. The topological polar surface area (TPSA) is 50.5 Å². The van der Waals surface area contributed by atoms with Crippen molar-refractivity contribution < 1.29 is 13.4 Å². The number of rotatable bonds is 2. The fourth-order valence-corrected chi connectivity index (χ4v) is 4.02. The molecule has 1 aromatic rings. The van der Waals surface area contributed by atoms with E-state index in [9.17, 15) is 9.00 Å². The lowest BCUT2D eigenvalue weighted by Gasteiger charge is -2.34. The Labute approximate surface area is 123 Å². The zero-order valence-corrected chi connectivity index (χ0v) is 13.6. The number of aryl methyl sites for hydroxylation is 1. The average molecular weight is 297 g/mol. The van der Waals surface area contributed by atoms with Crippen LogP contribution >= 0.6 is 0 Å². The van der Waals surface area contributed by atoms with Crippen LogP contribution in [0.4, 0.5) is 0 Å². The summed E-state index contributed by atoms with van der Waals surface area (Å²) in [6.07, 6.45) is 0. The second-order valence-corrected chi connectivity index (χ2v) is 8.20. The molecule has 0 bridgehead atoms. The number of furan rings is 1. The molecule has 0 aromatic carbocycles. The third-order valence-corrected chi connectivity index (χ3v) is 5.66. The number of carbonyl (C=O) groups is 1. The largest absolute Gasteiger partial charge is 0.465 e. The minimum absolute atomic E-state index is 0.00597. The van der Waals surface area contributed by atoms with Gasteiger partial charge in [0.2, 0.25) is 0 Å². The van der Waals surface area contributed by atoms with Crippen molar-refractivity contribution in [2.75, 3.05) is 13.1 Å². The molecule has 0 unspecified atom stereocenters. The van der Waals surface area contributed by atoms with Crippen LogP contribution in [0.1, 0.15) is 55.5 Å². The number of carbonyl (C=O) groups excluding carboxylic acids is 1. The van der Waals surface area contributed by atoms with Crippen LogP contribution in [0.5, 0.6) is 0 Å². The summed E-state index contributed by atoms with van der Waals surface area (Å²) < 4.78 is 17.6. The van der Waals surface area contributed by atoms with Crippen LogP contribution in [0, 0.1) is 6.92 Å². The average Bonchev–Trinajstić information content (AvgIpc) is 2.76. The minimum Gasteiger partial charge on any atom is -0.465 e. The molecular weight excluding hydrogens is 274 g/mol. The summed E-state index contributed by atoms with van der Waals surface area (Å²) in [7, 11) is -0.848. The predicted octanol–water partition coefficient (Wildman–Crippen LogP) is 2.69. The lowest BCUT2D eigenvalue weighted by atomic mass is 10.1. The first kappa shape index (κ1) is 15.3. The monoisotopic (exact) mass is 297 g/mol. The highest BCUT2D eigenvalue weighted by atomic mass is 32.2. The molecule has 0 N–H and O–H groups in total. The Morgan fingerprint density at radius 1 is 1.35 bits per heavy atom. The Morgan fingerprint density at radius 2 is 1.90 bits per heavy atom. The van der Waals surface area contributed by atoms with Crippen LogP contribution in [0.25, 0.3) is 0 Å². The molecule has 1 aromatic heterocycles. The van der Waals surface area contributed by atoms with Gasteiger partial charge in [-0.05, 0) is 26.8 Å². The second kappa shape index (κ2) is 5.72. The van der Waals surface area contributed by atoms with Crippen molar-refractivity contribution in [1.82, 2.24) is 4.90 Å². The highest BCUT2D eigenvalue weighted by Gasteiger charge is 2.32. The molecule has 1 fully saturated rings. The number of amides is 1. The van der Waals surface area contributed by atoms with Crippen LogP contribution in [-0.2, 0) is 10.8 Å². The molecule has 1 amide bonds. The zero-order valence-electron chi connectivity index (χ0n) is 12.8. The summed E-state index contributed by atoms with van der Waals surface area (Å²) in [5.74, 6) is 1.77. The van der Waals surface area contributed by atoms with Crippen molar-refractivity contribution in [3.8, 4) is 0 Å². The summed E-state index contributed by atoms with van der Waals surface area (Å²) in [5.41, 5.74) is 0.640. The molecule has 0 radical (unpaired) electrons. The quantitative estimate of drug-likeness (QED) is 0.843. The molecule has 0 saturated carbocycles. The Morgan fingerprint density at radius 3 is 2.35 bits per heavy atom. The lowest BCUT2D eigenvalue weighted by Crippen LogP contribution is -2.49. The van der Waals surface area contributed by atoms with E-state index < -0.39 is 10.8 Å². The maximum absolute atomic E-state index is 12.6. The highest BCUT2D eigenvalue weighted by molar-refractivity contribution is 7.86. The molecule has 1 aliphatic heterocycles. The second-order valence-electron chi connectivity index (χ2n) is 5.93. The molecule has 2 rings (SSSR count). The van der Waals surface area contributed by atoms with Gasteiger partial charge in [0, 0.05) is 40.3 Å². The summed E-state index contributed by atoms with van der Waals surface area (Å²) in [6, 6.07) is 1.85. The van der Waals surface area contributed by atoms with E-state index in [1.54, 1.807) is 4.90 Å². The Bertz CT molecular complexity index is 521. The van der Waals surface area contributed by atoms with E-state index in [-0.39, 0.29) is 22.3 Å². The molecular formula is C15H23NO3S. The van der Waals surface area contributed by atoms with Crippen molar-refractivity contribution >= 4 is 16.7 Å². The van der Waals surface area contributed by atoms with E-state index in [0.29, 0.717) is 24.4 Å². The van der Waals surface area contributed by atoms with Crippen LogP contribution < -0.4 is 0 Å². The van der Waals surface area contributed by atoms with Crippen molar-refractivity contribution in [3.05, 3.63) is 23.2 Å². The van der Waals surface area contributed by atoms with Gasteiger partial charge in [0.05, 0.1) is 5.56 Å². The summed E-state index contributed by atoms with van der Waals surface area (Å²) in [6.45, 7) is 10.9. The summed E-state index contributed by atoms with van der Waals surface area (Å²) in [5, 5.41) is 0.0546. The third-order valence-electron chi connectivity index (χ3n) is 3.77. The first-order valence-corrected chi connectivity index (χ1v) is 8.37. The van der Waals surface area contributed by atoms with Gasteiger partial charge in [-0.15, -0.1) is 0 Å². The zero-order chi connectivity index (χ0) is 15.0. The molecule has 0 spiro atoms. The minimum atomic E-state index is -0.848. The highest BCUT2D eigenvalue weighted by Crippen LogP contribution is 2.24. The molecule has 112 valence electrons. The van der Waals surface area contributed by atoms with Crippen molar-refractivity contribution in [2.45, 2.75) is 51.0 Å². The lowest BCUT2D eigenvalue weighted by molar-refractivity contribution is 0.0749. The van der Waals surface area contributed by atoms with Gasteiger partial charge in [0.15, 0.2) is 0 Å². The van der Waals surface area contributed by atoms with E-state index in [1.807, 2.05) is 40.7 Å². The Balaban J connectivity index is 2.21. The maximum Gasteiger partial charge on any atom is 0.257 e. The molecule has 0 aliphatic carbocycles. The maximum atomic E-state index is 12.6. The Hall–Kier alpha value is -1.10. The molecule has 2 atom stereocenters. The van der Waals surface area contributed by atoms with Gasteiger partial charge in [0.1, 0.15) is 11.5 Å². The summed E-state index contributed by atoms with van der Waals surface area (Å²) in [4.78, 5) is 14.4. The van der Waals surface area contributed by atoms with Gasteiger partial charge in [-0.3, -0.25) is 9.00 Å². The van der Waals surface area contributed by atoms with Gasteiger partial charge in [-0.1, -0.05) is 13.8 Å². The predicted molar refractivity (Wildman–Crippen MR) is 80.5 cm³/mol. The fraction of sp³-hybridized carbons (Fsp3) is 0.667. The van der Waals surface area contributed by atoms with Gasteiger partial charge >= 0.3 is 0 Å². The normalized spacial score (nSPS) is 24.4. The number of hydrogen-bond acceptors (Lipinski definition) is 3. The van der Waals surface area contributed by atoms with Crippen molar-refractivity contribution in [1.29, 1.82) is 0 Å². The van der Waals surface area contributed by atoms with Gasteiger partial charge in [-0.2, -0.15) is 0 Å². The molecule has 1 aliphatic rings. The smallest absolute Gasteiger partial charge is 0.257 e. The van der Waals surface area contributed by atoms with Crippen LogP contribution in [0.3, 0.4) is 0 Å². The first-order chi connectivity index (χ1) is 9.31. The van der Waals surface area contributed by atoms with Crippen LogP contribution in [0.2, 0.25) is 0 Å². The van der Waals surface area contributed by atoms with E-state index in [4.69, 9.17) is 4.42 Å². The SMILES string of the molecule is Cc1oc(C(C)C)cc1C(=O)N1C[C@@H](C)S(=O)[C@H](C)C1. The number of nitrogens with zero attached hydrogens (tertiary/aromatic N) is 1. The first-order valence-electron chi connectivity index (χ1n) is 7.10. The molecule has 1 saturated heterocycles. The van der Waals surface area contributed by atoms with E-state index in [2.05, 4.69) is 0 Å². The van der Waals surface area contributed by atoms with E-state index in [0.717, 1.165) is 5.76 Å². The standard InChI is InChI=1S/C15H23NO3S/c1-9(2)14-6-13(12(5)19-14)15(17)16-7-10(3)20(18)11(4)8-16/h6,9-11H,7-8H2,1-5H3/t10-,11-/m1/s1. The fourth-order valence-electron chi connectivity index (χ4n) is 2.58. The molecule has 20 heavy (non-hydrogen) atoms. The van der Waals surface area contributed by atoms with Crippen molar-refractivity contribution in [2.24, 2.45) is 0 Å². The summed E-state index contributed by atoms with van der Waals surface area (Å²) >= 11 is 0. The van der Waals surface area contributed by atoms with E-state index >= 15 is 0 Å². The molecule has 5 heteroatoms.